The minimum Gasteiger partial charge on any atom is -0.383 e. The Bertz CT molecular complexity index is 1080. The van der Waals surface area contributed by atoms with Crippen molar-refractivity contribution in [3.63, 3.8) is 0 Å². The molecule has 0 aliphatic heterocycles. The summed E-state index contributed by atoms with van der Waals surface area (Å²) in [6.45, 7) is 0.875. The van der Waals surface area contributed by atoms with Crippen LogP contribution in [0.25, 0.3) is 0 Å². The smallest absolute Gasteiger partial charge is 0.228 e. The summed E-state index contributed by atoms with van der Waals surface area (Å²) in [5.41, 5.74) is 2.23. The van der Waals surface area contributed by atoms with Crippen LogP contribution in [0.2, 0.25) is 10.6 Å². The number of rotatable bonds is 5. The number of aromatic nitrogens is 3. The molecule has 0 radical (unpaired) electrons. The van der Waals surface area contributed by atoms with E-state index in [1.807, 2.05) is 0 Å². The lowest BCUT2D eigenvalue weighted by Gasteiger charge is -2.20. The molecule has 0 bridgehead atoms. The molecule has 0 amide bonds. The molecule has 0 saturated heterocycles. The van der Waals surface area contributed by atoms with Gasteiger partial charge >= 0.3 is 0 Å². The molecule has 0 unspecified atom stereocenters. The minimum atomic E-state index is -0.169. The second-order valence-corrected chi connectivity index (χ2v) is 6.66. The van der Waals surface area contributed by atoms with Gasteiger partial charge in [0.05, 0.1) is 5.56 Å². The summed E-state index contributed by atoms with van der Waals surface area (Å²) in [5, 5.41) is 6.14. The first-order valence-corrected chi connectivity index (χ1v) is 9.16. The molecule has 140 valence electrons. The predicted molar refractivity (Wildman–Crippen MR) is 107 cm³/mol. The Kier molecular flexibility index (Phi) is 4.93. The van der Waals surface area contributed by atoms with E-state index >= 15 is 0 Å². The van der Waals surface area contributed by atoms with Crippen molar-refractivity contribution >= 4 is 46.4 Å². The molecule has 0 atom stereocenters. The topological polar surface area (TPSA) is 96.9 Å². The first kappa shape index (κ1) is 18.3. The summed E-state index contributed by atoms with van der Waals surface area (Å²) in [6.07, 6.45) is 0. The molecule has 0 spiro atoms. The number of halogens is 2. The first-order valence-electron chi connectivity index (χ1n) is 8.41. The number of carbonyl (C=O) groups is 2. The van der Waals surface area contributed by atoms with Crippen molar-refractivity contribution in [1.29, 1.82) is 0 Å². The highest BCUT2D eigenvalue weighted by Gasteiger charge is 2.31. The number of nitrogens with one attached hydrogen (secondary N) is 2. The second kappa shape index (κ2) is 7.53. The zero-order valence-corrected chi connectivity index (χ0v) is 15.9. The van der Waals surface area contributed by atoms with Crippen molar-refractivity contribution in [3.05, 3.63) is 75.3 Å². The summed E-state index contributed by atoms with van der Waals surface area (Å²) in [4.78, 5) is 37.2. The normalized spacial score (nSPS) is 12.4. The van der Waals surface area contributed by atoms with Crippen molar-refractivity contribution in [2.75, 3.05) is 23.7 Å². The SMILES string of the molecule is O=C1c2ccccc2C(=O)c2c(NCCNc3nc(Cl)nc(Cl)n3)cccc21. The maximum atomic E-state index is 12.9. The molecule has 1 aliphatic rings. The van der Waals surface area contributed by atoms with Gasteiger partial charge in [-0.05, 0) is 29.3 Å². The molecule has 2 aromatic carbocycles. The average molecular weight is 414 g/mol. The average Bonchev–Trinajstić information content (AvgIpc) is 2.68. The summed E-state index contributed by atoms with van der Waals surface area (Å²) in [5.74, 6) is -0.0687. The second-order valence-electron chi connectivity index (χ2n) is 5.98. The van der Waals surface area contributed by atoms with E-state index in [0.29, 0.717) is 41.0 Å². The fourth-order valence-electron chi connectivity index (χ4n) is 3.07. The third-order valence-corrected chi connectivity index (χ3v) is 4.59. The van der Waals surface area contributed by atoms with Crippen molar-refractivity contribution < 1.29 is 9.59 Å². The highest BCUT2D eigenvalue weighted by atomic mass is 35.5. The number of benzene rings is 2. The first-order chi connectivity index (χ1) is 13.5. The van der Waals surface area contributed by atoms with Crippen LogP contribution in [0.4, 0.5) is 11.6 Å². The molecule has 0 fully saturated rings. The van der Waals surface area contributed by atoms with Crippen LogP contribution >= 0.6 is 23.2 Å². The summed E-state index contributed by atoms with van der Waals surface area (Å²) < 4.78 is 0. The number of anilines is 2. The van der Waals surface area contributed by atoms with Crippen molar-refractivity contribution in [2.45, 2.75) is 0 Å². The molecule has 28 heavy (non-hydrogen) atoms. The largest absolute Gasteiger partial charge is 0.383 e. The molecule has 3 aromatic rings. The lowest BCUT2D eigenvalue weighted by atomic mass is 9.83. The van der Waals surface area contributed by atoms with Crippen LogP contribution in [0.1, 0.15) is 31.8 Å². The number of ketones is 2. The van der Waals surface area contributed by atoms with Crippen molar-refractivity contribution in [2.24, 2.45) is 0 Å². The van der Waals surface area contributed by atoms with Crippen LogP contribution in [0.15, 0.2) is 42.5 Å². The van der Waals surface area contributed by atoms with E-state index < -0.39 is 0 Å². The Morgan fingerprint density at radius 2 is 1.32 bits per heavy atom. The Labute approximate surface area is 170 Å². The van der Waals surface area contributed by atoms with Gasteiger partial charge in [0.15, 0.2) is 11.6 Å². The van der Waals surface area contributed by atoms with Gasteiger partial charge in [0.2, 0.25) is 16.5 Å². The van der Waals surface area contributed by atoms with Gasteiger partial charge in [-0.2, -0.15) is 15.0 Å². The van der Waals surface area contributed by atoms with Crippen LogP contribution < -0.4 is 10.6 Å². The number of hydrogen-bond donors (Lipinski definition) is 2. The molecular weight excluding hydrogens is 401 g/mol. The molecule has 1 aromatic heterocycles. The monoisotopic (exact) mass is 413 g/mol. The van der Waals surface area contributed by atoms with E-state index in [4.69, 9.17) is 23.2 Å². The van der Waals surface area contributed by atoms with Gasteiger partial charge < -0.3 is 10.6 Å². The van der Waals surface area contributed by atoms with Crippen LogP contribution in [-0.4, -0.2) is 39.6 Å². The van der Waals surface area contributed by atoms with E-state index in [1.54, 1.807) is 42.5 Å². The third-order valence-electron chi connectivity index (χ3n) is 4.26. The van der Waals surface area contributed by atoms with Crippen LogP contribution in [0.3, 0.4) is 0 Å². The lowest BCUT2D eigenvalue weighted by Crippen LogP contribution is -2.23. The van der Waals surface area contributed by atoms with Crippen molar-refractivity contribution in [3.8, 4) is 0 Å². The molecule has 1 heterocycles. The van der Waals surface area contributed by atoms with Gasteiger partial charge in [-0.3, -0.25) is 9.59 Å². The maximum absolute atomic E-state index is 12.9. The zero-order valence-electron chi connectivity index (χ0n) is 14.4. The number of carbonyl (C=O) groups excluding carboxylic acids is 2. The fourth-order valence-corrected chi connectivity index (χ4v) is 3.43. The van der Waals surface area contributed by atoms with Crippen LogP contribution in [0, 0.1) is 0 Å². The maximum Gasteiger partial charge on any atom is 0.228 e. The number of nitrogens with zero attached hydrogens (tertiary/aromatic N) is 3. The third kappa shape index (κ3) is 3.42. The van der Waals surface area contributed by atoms with Gasteiger partial charge in [0, 0.05) is 35.5 Å². The van der Waals surface area contributed by atoms with E-state index in [0.717, 1.165) is 0 Å². The molecule has 0 saturated carbocycles. The van der Waals surface area contributed by atoms with E-state index in [-0.39, 0.29) is 28.1 Å². The molecule has 9 heteroatoms. The predicted octanol–water partition coefficient (Wildman–Crippen LogP) is 3.48. The van der Waals surface area contributed by atoms with Crippen LogP contribution in [-0.2, 0) is 0 Å². The van der Waals surface area contributed by atoms with Gasteiger partial charge in [0.1, 0.15) is 0 Å². The van der Waals surface area contributed by atoms with Crippen molar-refractivity contribution in [1.82, 2.24) is 15.0 Å². The number of hydrogen-bond acceptors (Lipinski definition) is 7. The standard InChI is InChI=1S/C19H13Cl2N5O2/c20-17-24-18(21)26-19(25-17)23-9-8-22-13-7-3-6-12-14(13)16(28)11-5-2-1-4-10(11)15(12)27/h1-7,22H,8-9H2,(H,23,24,25,26). The highest BCUT2D eigenvalue weighted by Crippen LogP contribution is 2.31. The Morgan fingerprint density at radius 3 is 2.04 bits per heavy atom. The van der Waals surface area contributed by atoms with Gasteiger partial charge in [-0.25, -0.2) is 0 Å². The van der Waals surface area contributed by atoms with Gasteiger partial charge in [-0.15, -0.1) is 0 Å². The Morgan fingerprint density at radius 1 is 0.714 bits per heavy atom. The summed E-state index contributed by atoms with van der Waals surface area (Å²) in [6, 6.07) is 12.0. The van der Waals surface area contributed by atoms with Crippen LogP contribution in [0.5, 0.6) is 0 Å². The van der Waals surface area contributed by atoms with Gasteiger partial charge in [0.25, 0.3) is 0 Å². The molecular formula is C19H13Cl2N5O2. The molecule has 4 rings (SSSR count). The quantitative estimate of drug-likeness (QED) is 0.483. The van der Waals surface area contributed by atoms with E-state index in [9.17, 15) is 9.59 Å². The molecule has 7 nitrogen and oxygen atoms in total. The molecule has 1 aliphatic carbocycles. The van der Waals surface area contributed by atoms with E-state index in [1.165, 1.54) is 0 Å². The zero-order chi connectivity index (χ0) is 19.7. The fraction of sp³-hybridized carbons (Fsp3) is 0.105. The molecule has 2 N–H and O–H groups in total. The number of fused-ring (bicyclic) bond motifs is 2. The van der Waals surface area contributed by atoms with E-state index in [2.05, 4.69) is 25.6 Å². The summed E-state index contributed by atoms with van der Waals surface area (Å²) in [7, 11) is 0. The lowest BCUT2D eigenvalue weighted by molar-refractivity contribution is 0.0979. The van der Waals surface area contributed by atoms with Gasteiger partial charge in [-0.1, -0.05) is 36.4 Å². The Hall–Kier alpha value is -3.03. The Balaban J connectivity index is 1.51. The minimum absolute atomic E-state index is 0.00429. The highest BCUT2D eigenvalue weighted by molar-refractivity contribution is 6.31. The summed E-state index contributed by atoms with van der Waals surface area (Å²) >= 11 is 11.5.